The second-order valence-electron chi connectivity index (χ2n) is 5.74. The van der Waals surface area contributed by atoms with E-state index in [9.17, 15) is 5.26 Å². The van der Waals surface area contributed by atoms with Crippen LogP contribution in [0.3, 0.4) is 0 Å². The highest BCUT2D eigenvalue weighted by Crippen LogP contribution is 2.26. The first-order chi connectivity index (χ1) is 12.8. The predicted molar refractivity (Wildman–Crippen MR) is 102 cm³/mol. The number of nitriles is 1. The molecular formula is C22H15N4+. The largest absolute Gasteiger partial charge is 0.364 e. The van der Waals surface area contributed by atoms with Crippen LogP contribution in [-0.2, 0) is 0 Å². The zero-order valence-corrected chi connectivity index (χ0v) is 13.9. The van der Waals surface area contributed by atoms with Gasteiger partial charge in [-0.1, -0.05) is 12.1 Å². The molecule has 2 aromatic heterocycles. The Hall–Kier alpha value is -4.02. The van der Waals surface area contributed by atoms with Crippen molar-refractivity contribution < 1.29 is 0 Å². The van der Waals surface area contributed by atoms with Gasteiger partial charge in [-0.2, -0.15) is 5.26 Å². The van der Waals surface area contributed by atoms with Gasteiger partial charge in [0, 0.05) is 30.9 Å². The Morgan fingerprint density at radius 2 is 1.38 bits per heavy atom. The standard InChI is InChI=1S/C22H15N4/c23-16-18-9-10-20(22(15-18)26-13-5-6-14-26)24-17-19-7-1-2-8-21(19)25-11-3-4-12-25/h1-15H/q+1. The molecule has 4 aromatic rings. The lowest BCUT2D eigenvalue weighted by Crippen LogP contribution is -1.93. The maximum absolute atomic E-state index is 9.19. The van der Waals surface area contributed by atoms with Crippen LogP contribution in [-0.4, -0.2) is 9.13 Å². The molecule has 0 fully saturated rings. The number of hydrogen-bond donors (Lipinski definition) is 0. The third-order valence-corrected chi connectivity index (χ3v) is 4.07. The zero-order valence-electron chi connectivity index (χ0n) is 13.9. The average molecular weight is 335 g/mol. The van der Waals surface area contributed by atoms with Crippen LogP contribution in [0.15, 0.2) is 91.5 Å². The van der Waals surface area contributed by atoms with Crippen molar-refractivity contribution in [1.29, 1.82) is 5.26 Å². The summed E-state index contributed by atoms with van der Waals surface area (Å²) in [5, 5.41) is 9.19. The number of para-hydroxylation sites is 1. The van der Waals surface area contributed by atoms with Crippen LogP contribution in [0.4, 0.5) is 5.69 Å². The minimum absolute atomic E-state index is 0.598. The third kappa shape index (κ3) is 3.00. The minimum atomic E-state index is 0.598. The molecule has 0 aliphatic rings. The zero-order chi connectivity index (χ0) is 17.8. The smallest absolute Gasteiger partial charge is 0.322 e. The van der Waals surface area contributed by atoms with Crippen molar-refractivity contribution in [2.45, 2.75) is 0 Å². The van der Waals surface area contributed by atoms with Crippen LogP contribution in [0.5, 0.6) is 0 Å². The van der Waals surface area contributed by atoms with Gasteiger partial charge in [0.2, 0.25) is 0 Å². The molecule has 0 atom stereocenters. The number of aromatic nitrogens is 2. The molecule has 122 valence electrons. The molecule has 0 saturated carbocycles. The van der Waals surface area contributed by atoms with Gasteiger partial charge in [0.15, 0.2) is 0 Å². The summed E-state index contributed by atoms with van der Waals surface area (Å²) < 4.78 is 3.97. The molecule has 0 saturated heterocycles. The number of benzene rings is 2. The van der Waals surface area contributed by atoms with Gasteiger partial charge in [-0.05, 0) is 53.4 Å². The van der Waals surface area contributed by atoms with E-state index in [1.165, 1.54) is 0 Å². The highest BCUT2D eigenvalue weighted by molar-refractivity contribution is 5.67. The third-order valence-electron chi connectivity index (χ3n) is 4.07. The molecular weight excluding hydrogens is 320 g/mol. The SMILES string of the molecule is N#Cc1ccc([N+]#Cc2ccccc2-n2cccc2)c(-n2cccc2)c1. The van der Waals surface area contributed by atoms with Crippen LogP contribution >= 0.6 is 0 Å². The first-order valence-corrected chi connectivity index (χ1v) is 8.22. The fraction of sp³-hybridized carbons (Fsp3) is 0. The second-order valence-corrected chi connectivity index (χ2v) is 5.74. The Morgan fingerprint density at radius 1 is 0.731 bits per heavy atom. The van der Waals surface area contributed by atoms with Crippen molar-refractivity contribution in [2.24, 2.45) is 0 Å². The lowest BCUT2D eigenvalue weighted by atomic mass is 10.1. The van der Waals surface area contributed by atoms with Crippen LogP contribution in [0, 0.1) is 17.4 Å². The molecule has 0 amide bonds. The molecule has 0 bridgehead atoms. The summed E-state index contributed by atoms with van der Waals surface area (Å²) in [6.07, 6.45) is 7.85. The lowest BCUT2D eigenvalue weighted by Gasteiger charge is -2.02. The summed E-state index contributed by atoms with van der Waals surface area (Å²) in [4.78, 5) is 4.58. The van der Waals surface area contributed by atoms with Crippen molar-refractivity contribution >= 4 is 5.69 Å². The van der Waals surface area contributed by atoms with E-state index in [0.29, 0.717) is 5.56 Å². The number of rotatable bonds is 2. The van der Waals surface area contributed by atoms with E-state index in [4.69, 9.17) is 0 Å². The van der Waals surface area contributed by atoms with Crippen molar-refractivity contribution in [2.75, 3.05) is 0 Å². The van der Waals surface area contributed by atoms with E-state index >= 15 is 0 Å². The minimum Gasteiger partial charge on any atom is -0.322 e. The van der Waals surface area contributed by atoms with Gasteiger partial charge in [0.1, 0.15) is 11.3 Å². The summed E-state index contributed by atoms with van der Waals surface area (Å²) in [5.41, 5.74) is 4.10. The molecule has 2 heterocycles. The highest BCUT2D eigenvalue weighted by atomic mass is 15.0. The summed E-state index contributed by atoms with van der Waals surface area (Å²) in [6, 6.07) is 26.6. The van der Waals surface area contributed by atoms with Crippen molar-refractivity contribution in [3.63, 3.8) is 0 Å². The van der Waals surface area contributed by atoms with E-state index in [-0.39, 0.29) is 0 Å². The van der Waals surface area contributed by atoms with Gasteiger partial charge in [-0.15, -0.1) is 0 Å². The normalized spacial score (nSPS) is 9.96. The molecule has 0 unspecified atom stereocenters. The molecule has 0 radical (unpaired) electrons. The van der Waals surface area contributed by atoms with Gasteiger partial charge >= 0.3 is 11.8 Å². The van der Waals surface area contributed by atoms with E-state index in [0.717, 1.165) is 22.6 Å². The van der Waals surface area contributed by atoms with Gasteiger partial charge in [0.05, 0.1) is 17.3 Å². The monoisotopic (exact) mass is 335 g/mol. The first kappa shape index (κ1) is 15.5. The summed E-state index contributed by atoms with van der Waals surface area (Å²) in [7, 11) is 0. The van der Waals surface area contributed by atoms with Crippen LogP contribution in [0.1, 0.15) is 11.1 Å². The topological polar surface area (TPSA) is 38.0 Å². The maximum Gasteiger partial charge on any atom is 0.364 e. The van der Waals surface area contributed by atoms with Gasteiger partial charge in [-0.25, -0.2) is 0 Å². The molecule has 0 spiro atoms. The molecule has 26 heavy (non-hydrogen) atoms. The Kier molecular flexibility index (Phi) is 4.08. The van der Waals surface area contributed by atoms with E-state index in [2.05, 4.69) is 17.0 Å². The first-order valence-electron chi connectivity index (χ1n) is 8.22. The van der Waals surface area contributed by atoms with Gasteiger partial charge in [0.25, 0.3) is 0 Å². The average Bonchev–Trinajstić information content (AvgIpc) is 3.40. The quantitative estimate of drug-likeness (QED) is 0.499. The highest BCUT2D eigenvalue weighted by Gasteiger charge is 2.14. The molecule has 4 rings (SSSR count). The van der Waals surface area contributed by atoms with Gasteiger partial charge < -0.3 is 9.13 Å². The van der Waals surface area contributed by atoms with Crippen LogP contribution in [0.2, 0.25) is 0 Å². The van der Waals surface area contributed by atoms with Gasteiger partial charge in [-0.3, -0.25) is 0 Å². The van der Waals surface area contributed by atoms with Crippen molar-refractivity contribution in [3.8, 4) is 23.5 Å². The lowest BCUT2D eigenvalue weighted by molar-refractivity contribution is 1.07. The summed E-state index contributed by atoms with van der Waals surface area (Å²) in [5.74, 6) is 0. The summed E-state index contributed by atoms with van der Waals surface area (Å²) in [6.45, 7) is 0. The molecule has 0 aliphatic heterocycles. The van der Waals surface area contributed by atoms with Crippen LogP contribution in [0.25, 0.3) is 16.2 Å². The van der Waals surface area contributed by atoms with Crippen molar-refractivity contribution in [3.05, 3.63) is 107 Å². The number of nitrogens with zero attached hydrogens (tertiary/aromatic N) is 4. The van der Waals surface area contributed by atoms with Crippen molar-refractivity contribution in [1.82, 2.24) is 9.13 Å². The Balaban J connectivity index is 1.81. The molecule has 0 aliphatic carbocycles. The fourth-order valence-corrected chi connectivity index (χ4v) is 2.80. The molecule has 2 aromatic carbocycles. The molecule has 4 heteroatoms. The Bertz CT molecular complexity index is 1140. The van der Waals surface area contributed by atoms with Crippen LogP contribution < -0.4 is 0 Å². The maximum atomic E-state index is 9.19. The number of hydrogen-bond acceptors (Lipinski definition) is 1. The Morgan fingerprint density at radius 3 is 2.08 bits per heavy atom. The van der Waals surface area contributed by atoms with E-state index in [1.807, 2.05) is 94.6 Å². The van der Waals surface area contributed by atoms with E-state index < -0.39 is 0 Å². The van der Waals surface area contributed by atoms with E-state index in [1.54, 1.807) is 6.07 Å². The fourth-order valence-electron chi connectivity index (χ4n) is 2.80. The predicted octanol–water partition coefficient (Wildman–Crippen LogP) is 5.15. The molecule has 4 nitrogen and oxygen atoms in total. The Labute approximate surface area is 151 Å². The second kappa shape index (κ2) is 6.84. The molecule has 0 N–H and O–H groups in total. The summed E-state index contributed by atoms with van der Waals surface area (Å²) >= 11 is 0.